The van der Waals surface area contributed by atoms with Crippen LogP contribution < -0.4 is 0 Å². The van der Waals surface area contributed by atoms with Crippen molar-refractivity contribution in [3.05, 3.63) is 45.8 Å². The van der Waals surface area contributed by atoms with Crippen molar-refractivity contribution >= 4 is 9.52 Å². The maximum atomic E-state index is 2.39. The molecular weight excluding hydrogens is 196 g/mol. The van der Waals surface area contributed by atoms with Gasteiger partial charge in [-0.25, -0.2) is 0 Å². The van der Waals surface area contributed by atoms with Gasteiger partial charge in [-0.3, -0.25) is 0 Å². The summed E-state index contributed by atoms with van der Waals surface area (Å²) < 4.78 is 0. The van der Waals surface area contributed by atoms with E-state index in [1.54, 1.807) is 21.5 Å². The SMILES string of the molecule is CC1=CC=C([SiH2]C2=CC=C(C)CC2)CC1. The van der Waals surface area contributed by atoms with Gasteiger partial charge in [0.25, 0.3) is 0 Å². The summed E-state index contributed by atoms with van der Waals surface area (Å²) in [7, 11) is -0.0925. The molecule has 80 valence electrons. The maximum Gasteiger partial charge on any atom is 0.0773 e. The van der Waals surface area contributed by atoms with Crippen LogP contribution in [0.3, 0.4) is 0 Å². The van der Waals surface area contributed by atoms with Crippen molar-refractivity contribution in [1.29, 1.82) is 0 Å². The second-order valence-corrected chi connectivity index (χ2v) is 7.02. The Bertz CT molecular complexity index is 331. The quantitative estimate of drug-likeness (QED) is 0.621. The van der Waals surface area contributed by atoms with Crippen molar-refractivity contribution in [3.63, 3.8) is 0 Å². The van der Waals surface area contributed by atoms with E-state index >= 15 is 0 Å². The lowest BCUT2D eigenvalue weighted by Gasteiger charge is -2.16. The van der Waals surface area contributed by atoms with Crippen molar-refractivity contribution in [2.24, 2.45) is 0 Å². The molecular formula is C14H20Si. The molecule has 0 N–H and O–H groups in total. The Morgan fingerprint density at radius 1 is 0.733 bits per heavy atom. The third-order valence-electron chi connectivity index (χ3n) is 3.34. The molecule has 0 aliphatic heterocycles. The van der Waals surface area contributed by atoms with Gasteiger partial charge in [0.15, 0.2) is 0 Å². The first-order chi connectivity index (χ1) is 7.24. The smallest absolute Gasteiger partial charge is 0.0773 e. The summed E-state index contributed by atoms with van der Waals surface area (Å²) in [5, 5.41) is 3.50. The van der Waals surface area contributed by atoms with Crippen LogP contribution >= 0.6 is 0 Å². The van der Waals surface area contributed by atoms with E-state index in [2.05, 4.69) is 38.2 Å². The standard InChI is InChI=1S/C14H20Si/c1-11-3-7-13(8-4-11)15-14-9-5-12(2)6-10-14/h3,5,7,9H,4,6,8,10,15H2,1-2H3. The number of hydrogen-bond donors (Lipinski definition) is 0. The van der Waals surface area contributed by atoms with Gasteiger partial charge in [0.2, 0.25) is 0 Å². The highest BCUT2D eigenvalue weighted by Gasteiger charge is 2.08. The largest absolute Gasteiger partial charge is 0.0827 e. The predicted molar refractivity (Wildman–Crippen MR) is 70.7 cm³/mol. The van der Waals surface area contributed by atoms with E-state index in [1.807, 2.05) is 0 Å². The van der Waals surface area contributed by atoms with Crippen LogP contribution in [0.15, 0.2) is 45.8 Å². The van der Waals surface area contributed by atoms with Gasteiger partial charge in [-0.1, -0.05) is 45.8 Å². The minimum absolute atomic E-state index is 0.0925. The highest BCUT2D eigenvalue weighted by atomic mass is 28.2. The third kappa shape index (κ3) is 3.06. The normalized spacial score (nSPS) is 21.5. The fraction of sp³-hybridized carbons (Fsp3) is 0.429. The molecule has 0 saturated carbocycles. The van der Waals surface area contributed by atoms with E-state index in [9.17, 15) is 0 Å². The van der Waals surface area contributed by atoms with Gasteiger partial charge in [0, 0.05) is 0 Å². The highest BCUT2D eigenvalue weighted by molar-refractivity contribution is 6.54. The first-order valence-corrected chi connectivity index (χ1v) is 7.36. The van der Waals surface area contributed by atoms with Crippen LogP contribution in [0.2, 0.25) is 0 Å². The summed E-state index contributed by atoms with van der Waals surface area (Å²) in [5.74, 6) is 0. The minimum atomic E-state index is -0.0925. The molecule has 2 rings (SSSR count). The summed E-state index contributed by atoms with van der Waals surface area (Å²) in [4.78, 5) is 0. The molecule has 0 atom stereocenters. The zero-order valence-corrected chi connectivity index (χ0v) is 11.3. The van der Waals surface area contributed by atoms with E-state index in [1.165, 1.54) is 25.7 Å². The van der Waals surface area contributed by atoms with E-state index in [4.69, 9.17) is 0 Å². The fourth-order valence-corrected chi connectivity index (χ4v) is 3.92. The highest BCUT2D eigenvalue weighted by Crippen LogP contribution is 2.22. The maximum absolute atomic E-state index is 2.39. The van der Waals surface area contributed by atoms with E-state index in [-0.39, 0.29) is 9.52 Å². The van der Waals surface area contributed by atoms with Crippen LogP contribution in [0.4, 0.5) is 0 Å². The van der Waals surface area contributed by atoms with Crippen molar-refractivity contribution in [1.82, 2.24) is 0 Å². The molecule has 0 amide bonds. The molecule has 15 heavy (non-hydrogen) atoms. The van der Waals surface area contributed by atoms with E-state index < -0.39 is 0 Å². The molecule has 0 aromatic carbocycles. The van der Waals surface area contributed by atoms with Gasteiger partial charge in [-0.05, 0) is 39.5 Å². The second kappa shape index (κ2) is 4.80. The lowest BCUT2D eigenvalue weighted by Crippen LogP contribution is -2.06. The Balaban J connectivity index is 1.98. The van der Waals surface area contributed by atoms with Gasteiger partial charge in [-0.2, -0.15) is 0 Å². The summed E-state index contributed by atoms with van der Waals surface area (Å²) in [6, 6.07) is 0. The second-order valence-electron chi connectivity index (χ2n) is 4.85. The molecule has 0 nitrogen and oxygen atoms in total. The summed E-state index contributed by atoms with van der Waals surface area (Å²) >= 11 is 0. The summed E-state index contributed by atoms with van der Waals surface area (Å²) in [6.45, 7) is 4.47. The predicted octanol–water partition coefficient (Wildman–Crippen LogP) is 3.40. The molecule has 0 aromatic rings. The van der Waals surface area contributed by atoms with Gasteiger partial charge < -0.3 is 0 Å². The molecule has 2 aliphatic carbocycles. The summed E-state index contributed by atoms with van der Waals surface area (Å²) in [5.41, 5.74) is 3.09. The Morgan fingerprint density at radius 2 is 1.20 bits per heavy atom. The van der Waals surface area contributed by atoms with E-state index in [0.29, 0.717) is 0 Å². The van der Waals surface area contributed by atoms with Crippen molar-refractivity contribution in [2.75, 3.05) is 0 Å². The molecule has 0 fully saturated rings. The third-order valence-corrected chi connectivity index (χ3v) is 5.43. The van der Waals surface area contributed by atoms with Crippen LogP contribution in [0.25, 0.3) is 0 Å². The van der Waals surface area contributed by atoms with Gasteiger partial charge >= 0.3 is 0 Å². The molecule has 0 heterocycles. The van der Waals surface area contributed by atoms with Crippen molar-refractivity contribution < 1.29 is 0 Å². The van der Waals surface area contributed by atoms with Crippen LogP contribution in [-0.2, 0) is 0 Å². The fourth-order valence-electron chi connectivity index (χ4n) is 2.16. The lowest BCUT2D eigenvalue weighted by molar-refractivity contribution is 0.928. The van der Waals surface area contributed by atoms with Crippen molar-refractivity contribution in [2.45, 2.75) is 39.5 Å². The molecule has 2 aliphatic rings. The number of allylic oxidation sites excluding steroid dienone is 8. The topological polar surface area (TPSA) is 0 Å². The molecule has 0 saturated heterocycles. The van der Waals surface area contributed by atoms with Gasteiger partial charge in [-0.15, -0.1) is 0 Å². The molecule has 0 aromatic heterocycles. The number of hydrogen-bond acceptors (Lipinski definition) is 0. The lowest BCUT2D eigenvalue weighted by atomic mass is 10.1. The van der Waals surface area contributed by atoms with Crippen molar-refractivity contribution in [3.8, 4) is 0 Å². The average Bonchev–Trinajstić information content (AvgIpc) is 2.25. The van der Waals surface area contributed by atoms with Crippen LogP contribution in [-0.4, -0.2) is 9.52 Å². The van der Waals surface area contributed by atoms with Gasteiger partial charge in [0.05, 0.1) is 9.52 Å². The first-order valence-electron chi connectivity index (χ1n) is 5.94. The monoisotopic (exact) mass is 216 g/mol. The minimum Gasteiger partial charge on any atom is -0.0827 e. The average molecular weight is 216 g/mol. The molecule has 0 unspecified atom stereocenters. The molecule has 0 radical (unpaired) electrons. The summed E-state index contributed by atoms with van der Waals surface area (Å²) in [6.07, 6.45) is 14.6. The first kappa shape index (κ1) is 10.7. The molecule has 1 heteroatoms. The molecule has 0 bridgehead atoms. The van der Waals surface area contributed by atoms with Crippen LogP contribution in [0.1, 0.15) is 39.5 Å². The zero-order chi connectivity index (χ0) is 10.7. The van der Waals surface area contributed by atoms with Gasteiger partial charge in [0.1, 0.15) is 0 Å². The zero-order valence-electron chi connectivity index (χ0n) is 9.84. The van der Waals surface area contributed by atoms with E-state index in [0.717, 1.165) is 0 Å². The van der Waals surface area contributed by atoms with Crippen LogP contribution in [0.5, 0.6) is 0 Å². The Morgan fingerprint density at radius 3 is 1.53 bits per heavy atom. The Hall–Kier alpha value is -0.823. The van der Waals surface area contributed by atoms with Crippen LogP contribution in [0, 0.1) is 0 Å². The molecule has 0 spiro atoms. The Kier molecular flexibility index (Phi) is 3.42. The Labute approximate surface area is 95.3 Å². The number of rotatable bonds is 2.